The van der Waals surface area contributed by atoms with Crippen molar-refractivity contribution in [1.82, 2.24) is 9.97 Å². The minimum Gasteiger partial charge on any atom is -0.340 e. The fourth-order valence-corrected chi connectivity index (χ4v) is 2.79. The van der Waals surface area contributed by atoms with Gasteiger partial charge in [-0.2, -0.15) is 4.98 Å². The summed E-state index contributed by atoms with van der Waals surface area (Å²) in [5.74, 6) is 1.59. The number of anilines is 5. The van der Waals surface area contributed by atoms with Crippen LogP contribution < -0.4 is 16.0 Å². The molecule has 0 aliphatic rings. The first-order valence-corrected chi connectivity index (χ1v) is 9.26. The quantitative estimate of drug-likeness (QED) is 0.541. The maximum atomic E-state index is 11.2. The molecule has 6 nitrogen and oxygen atoms in total. The third kappa shape index (κ3) is 5.30. The molecule has 0 fully saturated rings. The lowest BCUT2D eigenvalue weighted by molar-refractivity contribution is -0.114. The number of aromatic nitrogens is 2. The molecule has 3 rings (SSSR count). The molecule has 0 saturated carbocycles. The maximum Gasteiger partial charge on any atom is 0.229 e. The monoisotopic (exact) mass is 375 g/mol. The van der Waals surface area contributed by atoms with E-state index in [4.69, 9.17) is 0 Å². The third-order valence-electron chi connectivity index (χ3n) is 4.14. The number of hydrogen-bond acceptors (Lipinski definition) is 5. The summed E-state index contributed by atoms with van der Waals surface area (Å²) in [6, 6.07) is 17.7. The van der Waals surface area contributed by atoms with Gasteiger partial charge in [0.15, 0.2) is 0 Å². The van der Waals surface area contributed by atoms with Crippen molar-refractivity contribution in [2.75, 3.05) is 16.0 Å². The summed E-state index contributed by atoms with van der Waals surface area (Å²) in [5.41, 5.74) is 4.63. The molecule has 0 bridgehead atoms. The van der Waals surface area contributed by atoms with E-state index in [9.17, 15) is 4.79 Å². The number of benzene rings is 2. The number of carbonyl (C=O) groups excluding carboxylic acids is 1. The molecule has 144 valence electrons. The van der Waals surface area contributed by atoms with E-state index in [-0.39, 0.29) is 5.91 Å². The molecule has 0 aliphatic heterocycles. The number of aryl methyl sites for hydroxylation is 1. The van der Waals surface area contributed by atoms with Crippen molar-refractivity contribution in [1.29, 1.82) is 0 Å². The van der Waals surface area contributed by atoms with Gasteiger partial charge in [0, 0.05) is 35.7 Å². The van der Waals surface area contributed by atoms with Gasteiger partial charge in [0.1, 0.15) is 5.82 Å². The fourth-order valence-electron chi connectivity index (χ4n) is 2.79. The van der Waals surface area contributed by atoms with E-state index >= 15 is 0 Å². The summed E-state index contributed by atoms with van der Waals surface area (Å²) in [6.07, 6.45) is 0. The Bertz CT molecular complexity index is 967. The van der Waals surface area contributed by atoms with Crippen LogP contribution in [0.15, 0.2) is 54.6 Å². The molecule has 1 amide bonds. The Morgan fingerprint density at radius 2 is 1.61 bits per heavy atom. The Morgan fingerprint density at radius 1 is 0.893 bits per heavy atom. The van der Waals surface area contributed by atoms with E-state index in [1.54, 1.807) is 0 Å². The molecule has 0 spiro atoms. The van der Waals surface area contributed by atoms with Crippen molar-refractivity contribution in [3.63, 3.8) is 0 Å². The molecule has 3 aromatic rings. The van der Waals surface area contributed by atoms with E-state index in [1.165, 1.54) is 12.5 Å². The summed E-state index contributed by atoms with van der Waals surface area (Å²) in [6.45, 7) is 7.76. The molecular weight excluding hydrogens is 350 g/mol. The highest BCUT2D eigenvalue weighted by Gasteiger charge is 2.06. The lowest BCUT2D eigenvalue weighted by Gasteiger charge is -2.12. The molecule has 2 aromatic carbocycles. The van der Waals surface area contributed by atoms with Gasteiger partial charge in [-0.1, -0.05) is 32.0 Å². The second-order valence-electron chi connectivity index (χ2n) is 7.01. The molecule has 3 N–H and O–H groups in total. The van der Waals surface area contributed by atoms with Gasteiger partial charge in [0.25, 0.3) is 0 Å². The van der Waals surface area contributed by atoms with Crippen molar-refractivity contribution < 1.29 is 4.79 Å². The second kappa shape index (κ2) is 8.52. The van der Waals surface area contributed by atoms with Gasteiger partial charge < -0.3 is 16.0 Å². The SMILES string of the molecule is CC(=O)Nc1cccc(Nc2nc(C)cc(Nc3ccc(C(C)C)cc3)n2)c1. The highest BCUT2D eigenvalue weighted by molar-refractivity contribution is 5.89. The van der Waals surface area contributed by atoms with Gasteiger partial charge in [-0.05, 0) is 48.7 Å². The van der Waals surface area contributed by atoms with E-state index < -0.39 is 0 Å². The van der Waals surface area contributed by atoms with Crippen LogP contribution in [-0.2, 0) is 4.79 Å². The van der Waals surface area contributed by atoms with Gasteiger partial charge in [-0.25, -0.2) is 4.98 Å². The number of nitrogens with one attached hydrogen (secondary N) is 3. The first kappa shape index (κ1) is 19.4. The lowest BCUT2D eigenvalue weighted by Crippen LogP contribution is -2.06. The van der Waals surface area contributed by atoms with Gasteiger partial charge in [-0.3, -0.25) is 4.79 Å². The average molecular weight is 375 g/mol. The van der Waals surface area contributed by atoms with E-state index in [2.05, 4.69) is 64.0 Å². The largest absolute Gasteiger partial charge is 0.340 e. The van der Waals surface area contributed by atoms with Crippen molar-refractivity contribution in [2.45, 2.75) is 33.6 Å². The van der Waals surface area contributed by atoms with Crippen LogP contribution in [-0.4, -0.2) is 15.9 Å². The highest BCUT2D eigenvalue weighted by Crippen LogP contribution is 2.22. The van der Waals surface area contributed by atoms with Crippen molar-refractivity contribution in [2.24, 2.45) is 0 Å². The molecule has 0 aliphatic carbocycles. The van der Waals surface area contributed by atoms with Crippen molar-refractivity contribution >= 4 is 34.7 Å². The molecular formula is C22H25N5O. The number of hydrogen-bond donors (Lipinski definition) is 3. The molecule has 1 heterocycles. The zero-order valence-corrected chi connectivity index (χ0v) is 16.6. The molecule has 6 heteroatoms. The lowest BCUT2D eigenvalue weighted by atomic mass is 10.0. The minimum absolute atomic E-state index is 0.112. The van der Waals surface area contributed by atoms with Crippen LogP contribution in [0.4, 0.5) is 28.8 Å². The molecule has 28 heavy (non-hydrogen) atoms. The van der Waals surface area contributed by atoms with Crippen LogP contribution in [0.1, 0.15) is 37.9 Å². The van der Waals surface area contributed by atoms with Gasteiger partial charge in [0.05, 0.1) is 0 Å². The molecule has 0 radical (unpaired) electrons. The number of rotatable bonds is 6. The van der Waals surface area contributed by atoms with E-state index in [0.717, 1.165) is 17.1 Å². The Labute approximate surface area is 165 Å². The van der Waals surface area contributed by atoms with Crippen LogP contribution in [0.3, 0.4) is 0 Å². The fraction of sp³-hybridized carbons (Fsp3) is 0.227. The predicted octanol–water partition coefficient (Wildman–Crippen LogP) is 5.35. The molecule has 0 atom stereocenters. The second-order valence-corrected chi connectivity index (χ2v) is 7.01. The first-order valence-electron chi connectivity index (χ1n) is 9.26. The molecule has 1 aromatic heterocycles. The van der Waals surface area contributed by atoms with Gasteiger partial charge >= 0.3 is 0 Å². The summed E-state index contributed by atoms with van der Waals surface area (Å²) in [5, 5.41) is 9.29. The van der Waals surface area contributed by atoms with Crippen LogP contribution in [0.25, 0.3) is 0 Å². The summed E-state index contributed by atoms with van der Waals surface area (Å²) < 4.78 is 0. The van der Waals surface area contributed by atoms with Crippen LogP contribution in [0.5, 0.6) is 0 Å². The Hall–Kier alpha value is -3.41. The minimum atomic E-state index is -0.112. The summed E-state index contributed by atoms with van der Waals surface area (Å²) >= 11 is 0. The number of nitrogens with zero attached hydrogens (tertiary/aromatic N) is 2. The normalized spacial score (nSPS) is 10.6. The van der Waals surface area contributed by atoms with Gasteiger partial charge in [0.2, 0.25) is 11.9 Å². The van der Waals surface area contributed by atoms with Gasteiger partial charge in [-0.15, -0.1) is 0 Å². The number of amides is 1. The Kier molecular flexibility index (Phi) is 5.89. The first-order chi connectivity index (χ1) is 13.4. The zero-order valence-electron chi connectivity index (χ0n) is 16.6. The zero-order chi connectivity index (χ0) is 20.1. The van der Waals surface area contributed by atoms with Crippen LogP contribution >= 0.6 is 0 Å². The van der Waals surface area contributed by atoms with Crippen LogP contribution in [0, 0.1) is 6.92 Å². The molecule has 0 saturated heterocycles. The summed E-state index contributed by atoms with van der Waals surface area (Å²) in [4.78, 5) is 20.2. The predicted molar refractivity (Wildman–Crippen MR) is 115 cm³/mol. The standard InChI is InChI=1S/C22H25N5O/c1-14(2)17-8-10-18(11-9-17)25-21-12-15(3)23-22(27-21)26-20-7-5-6-19(13-20)24-16(4)28/h5-14H,1-4H3,(H,24,28)(H2,23,25,26,27). The average Bonchev–Trinajstić information content (AvgIpc) is 2.61. The van der Waals surface area contributed by atoms with Crippen molar-refractivity contribution in [3.05, 3.63) is 65.9 Å². The Morgan fingerprint density at radius 3 is 2.29 bits per heavy atom. The van der Waals surface area contributed by atoms with Crippen molar-refractivity contribution in [3.8, 4) is 0 Å². The number of carbonyl (C=O) groups is 1. The highest BCUT2D eigenvalue weighted by atomic mass is 16.1. The molecule has 0 unspecified atom stereocenters. The van der Waals surface area contributed by atoms with Crippen LogP contribution in [0.2, 0.25) is 0 Å². The Balaban J connectivity index is 1.77. The van der Waals surface area contributed by atoms with E-state index in [1.807, 2.05) is 37.3 Å². The third-order valence-corrected chi connectivity index (χ3v) is 4.14. The van der Waals surface area contributed by atoms with E-state index in [0.29, 0.717) is 23.4 Å². The maximum absolute atomic E-state index is 11.2. The summed E-state index contributed by atoms with van der Waals surface area (Å²) in [7, 11) is 0. The topological polar surface area (TPSA) is 78.9 Å². The smallest absolute Gasteiger partial charge is 0.229 e.